The summed E-state index contributed by atoms with van der Waals surface area (Å²) in [6, 6.07) is 0. The fourth-order valence-electron chi connectivity index (χ4n) is 2.57. The third-order valence-corrected chi connectivity index (χ3v) is 7.14. The van der Waals surface area contributed by atoms with Gasteiger partial charge in [0.15, 0.2) is 0 Å². The smallest absolute Gasteiger partial charge is 0.404 e. The molecule has 19 heavy (non-hydrogen) atoms. The van der Waals surface area contributed by atoms with E-state index < -0.39 is 12.2 Å². The van der Waals surface area contributed by atoms with Crippen molar-refractivity contribution in [2.24, 2.45) is 0 Å². The fourth-order valence-corrected chi connectivity index (χ4v) is 6.57. The first-order chi connectivity index (χ1) is 8.99. The van der Waals surface area contributed by atoms with E-state index in [9.17, 15) is 9.59 Å². The van der Waals surface area contributed by atoms with Gasteiger partial charge in [-0.3, -0.25) is 0 Å². The second-order valence-corrected chi connectivity index (χ2v) is 8.47. The summed E-state index contributed by atoms with van der Waals surface area (Å²) >= 11 is 3.73. The van der Waals surface area contributed by atoms with E-state index in [1.807, 2.05) is 23.5 Å². The Bertz CT molecular complexity index is 333. The first-order valence-corrected chi connectivity index (χ1v) is 8.04. The number of nitrogens with one attached hydrogen (secondary N) is 2. The van der Waals surface area contributed by atoms with Crippen molar-refractivity contribution in [3.8, 4) is 0 Å². The molecule has 4 N–H and O–H groups in total. The van der Waals surface area contributed by atoms with Crippen LogP contribution in [0.5, 0.6) is 0 Å². The average molecular weight is 306 g/mol. The highest BCUT2D eigenvalue weighted by atomic mass is 32.2. The lowest BCUT2D eigenvalue weighted by atomic mass is 10.1. The molecule has 0 bridgehead atoms. The second-order valence-electron chi connectivity index (χ2n) is 4.84. The van der Waals surface area contributed by atoms with E-state index in [0.717, 1.165) is 25.7 Å². The van der Waals surface area contributed by atoms with E-state index in [2.05, 4.69) is 10.6 Å². The lowest BCUT2D eigenvalue weighted by molar-refractivity contribution is 0.193. The molecule has 2 rings (SSSR count). The third-order valence-electron chi connectivity index (χ3n) is 3.42. The largest absolute Gasteiger partial charge is 0.465 e. The summed E-state index contributed by atoms with van der Waals surface area (Å²) in [7, 11) is 0. The molecule has 2 aliphatic heterocycles. The Morgan fingerprint density at radius 2 is 1.42 bits per heavy atom. The molecule has 2 heterocycles. The van der Waals surface area contributed by atoms with E-state index in [-0.39, 0.29) is 4.08 Å². The maximum Gasteiger partial charge on any atom is 0.404 e. The lowest BCUT2D eigenvalue weighted by Crippen LogP contribution is -2.29. The maximum absolute atomic E-state index is 10.5. The molecule has 8 heteroatoms. The van der Waals surface area contributed by atoms with Crippen LogP contribution in [0.1, 0.15) is 25.7 Å². The molecule has 2 unspecified atom stereocenters. The molecule has 108 valence electrons. The first kappa shape index (κ1) is 14.6. The van der Waals surface area contributed by atoms with Gasteiger partial charge in [-0.15, -0.1) is 23.5 Å². The standard InChI is InChI=1S/C11H18N2O4S2/c14-9(15)12-5-7-1-3-11(18-7)4-2-8(19-11)6-13-10(16)17/h7-8,12-13H,1-6H2,(H,14,15)(H,16,17). The molecule has 2 fully saturated rings. The molecule has 0 aromatic carbocycles. The van der Waals surface area contributed by atoms with Crippen LogP contribution in [-0.4, -0.2) is 50.1 Å². The SMILES string of the molecule is O=C(O)NCC1CCC2(CCC(CNC(=O)O)S2)S1. The molecule has 2 amide bonds. The summed E-state index contributed by atoms with van der Waals surface area (Å²) in [6.07, 6.45) is 2.28. The van der Waals surface area contributed by atoms with Crippen molar-refractivity contribution >= 4 is 35.7 Å². The maximum atomic E-state index is 10.5. The van der Waals surface area contributed by atoms with E-state index in [4.69, 9.17) is 10.2 Å². The van der Waals surface area contributed by atoms with Crippen LogP contribution in [0, 0.1) is 0 Å². The minimum atomic E-state index is -0.968. The average Bonchev–Trinajstić information content (AvgIpc) is 2.92. The highest BCUT2D eigenvalue weighted by Crippen LogP contribution is 2.59. The summed E-state index contributed by atoms with van der Waals surface area (Å²) in [4.78, 5) is 21.0. The van der Waals surface area contributed by atoms with Crippen molar-refractivity contribution in [3.05, 3.63) is 0 Å². The van der Waals surface area contributed by atoms with E-state index in [1.54, 1.807) is 0 Å². The summed E-state index contributed by atoms with van der Waals surface area (Å²) < 4.78 is 0.176. The molecule has 1 spiro atoms. The minimum Gasteiger partial charge on any atom is -0.465 e. The zero-order valence-electron chi connectivity index (χ0n) is 10.4. The van der Waals surface area contributed by atoms with Crippen LogP contribution in [0.25, 0.3) is 0 Å². The quantitative estimate of drug-likeness (QED) is 0.634. The van der Waals surface area contributed by atoms with E-state index in [0.29, 0.717) is 23.6 Å². The van der Waals surface area contributed by atoms with Crippen LogP contribution in [0.15, 0.2) is 0 Å². The van der Waals surface area contributed by atoms with E-state index >= 15 is 0 Å². The number of carbonyl (C=O) groups is 2. The molecule has 0 radical (unpaired) electrons. The predicted molar refractivity (Wildman–Crippen MR) is 76.0 cm³/mol. The summed E-state index contributed by atoms with van der Waals surface area (Å²) in [5.74, 6) is 0. The Balaban J connectivity index is 1.76. The predicted octanol–water partition coefficient (Wildman–Crippen LogP) is 2.01. The topological polar surface area (TPSA) is 98.7 Å². The van der Waals surface area contributed by atoms with Gasteiger partial charge in [0.2, 0.25) is 0 Å². The molecule has 0 aromatic heterocycles. The molecular weight excluding hydrogens is 288 g/mol. The molecular formula is C11H18N2O4S2. The van der Waals surface area contributed by atoms with Gasteiger partial charge in [-0.2, -0.15) is 0 Å². The molecule has 2 atom stereocenters. The lowest BCUT2D eigenvalue weighted by Gasteiger charge is -2.22. The second kappa shape index (κ2) is 6.13. The minimum absolute atomic E-state index is 0.176. The monoisotopic (exact) mass is 306 g/mol. The number of hydrogen-bond acceptors (Lipinski definition) is 4. The summed E-state index contributed by atoms with van der Waals surface area (Å²) in [5, 5.41) is 22.8. The normalized spacial score (nSPS) is 33.5. The zero-order valence-corrected chi connectivity index (χ0v) is 12.1. The van der Waals surface area contributed by atoms with Crippen molar-refractivity contribution in [3.63, 3.8) is 0 Å². The van der Waals surface area contributed by atoms with Crippen LogP contribution < -0.4 is 10.6 Å². The van der Waals surface area contributed by atoms with Gasteiger partial charge in [0.1, 0.15) is 0 Å². The highest BCUT2D eigenvalue weighted by molar-refractivity contribution is 8.19. The third kappa shape index (κ3) is 4.10. The van der Waals surface area contributed by atoms with Gasteiger partial charge in [-0.25, -0.2) is 9.59 Å². The van der Waals surface area contributed by atoms with Crippen LogP contribution in [0.3, 0.4) is 0 Å². The van der Waals surface area contributed by atoms with Gasteiger partial charge in [-0.05, 0) is 25.7 Å². The van der Waals surface area contributed by atoms with Crippen molar-refractivity contribution < 1.29 is 19.8 Å². The van der Waals surface area contributed by atoms with Gasteiger partial charge in [0, 0.05) is 23.6 Å². The van der Waals surface area contributed by atoms with Crippen LogP contribution in [0.4, 0.5) is 9.59 Å². The number of amides is 2. The van der Waals surface area contributed by atoms with Gasteiger partial charge in [0.25, 0.3) is 0 Å². The molecule has 2 aliphatic rings. The van der Waals surface area contributed by atoms with Crippen molar-refractivity contribution in [2.75, 3.05) is 13.1 Å². The summed E-state index contributed by atoms with van der Waals surface area (Å²) in [5.41, 5.74) is 0. The molecule has 0 aliphatic carbocycles. The van der Waals surface area contributed by atoms with Crippen LogP contribution >= 0.6 is 23.5 Å². The number of rotatable bonds is 4. The van der Waals surface area contributed by atoms with E-state index in [1.165, 1.54) is 0 Å². The summed E-state index contributed by atoms with van der Waals surface area (Å²) in [6.45, 7) is 1.00. The zero-order chi connectivity index (χ0) is 13.9. The van der Waals surface area contributed by atoms with Gasteiger partial charge in [0.05, 0.1) is 4.08 Å². The van der Waals surface area contributed by atoms with Gasteiger partial charge < -0.3 is 20.8 Å². The number of thioether (sulfide) groups is 2. The molecule has 0 saturated carbocycles. The molecule has 6 nitrogen and oxygen atoms in total. The highest BCUT2D eigenvalue weighted by Gasteiger charge is 2.46. The Morgan fingerprint density at radius 3 is 1.79 bits per heavy atom. The Hall–Kier alpha value is -0.760. The van der Waals surface area contributed by atoms with Crippen molar-refractivity contribution in [1.82, 2.24) is 10.6 Å². The Labute approximate surface area is 120 Å². The van der Waals surface area contributed by atoms with Gasteiger partial charge in [-0.1, -0.05) is 0 Å². The van der Waals surface area contributed by atoms with Gasteiger partial charge >= 0.3 is 12.2 Å². The van der Waals surface area contributed by atoms with Crippen LogP contribution in [-0.2, 0) is 0 Å². The fraction of sp³-hybridized carbons (Fsp3) is 0.818. The first-order valence-electron chi connectivity index (χ1n) is 6.28. The molecule has 2 saturated heterocycles. The number of hydrogen-bond donors (Lipinski definition) is 4. The molecule has 0 aromatic rings. The van der Waals surface area contributed by atoms with Crippen molar-refractivity contribution in [1.29, 1.82) is 0 Å². The van der Waals surface area contributed by atoms with Crippen LogP contribution in [0.2, 0.25) is 0 Å². The number of carboxylic acid groups (broad SMARTS) is 2. The van der Waals surface area contributed by atoms with Crippen molar-refractivity contribution in [2.45, 2.75) is 40.3 Å². The Kier molecular flexibility index (Phi) is 4.72. The Morgan fingerprint density at radius 1 is 1.00 bits per heavy atom.